The second-order valence-electron chi connectivity index (χ2n) is 7.63. The van der Waals surface area contributed by atoms with Crippen molar-refractivity contribution in [1.82, 2.24) is 24.7 Å². The predicted molar refractivity (Wildman–Crippen MR) is 110 cm³/mol. The van der Waals surface area contributed by atoms with E-state index in [0.717, 1.165) is 28.6 Å². The predicted octanol–water partition coefficient (Wildman–Crippen LogP) is 4.00. The van der Waals surface area contributed by atoms with E-state index >= 15 is 0 Å². The maximum Gasteiger partial charge on any atom is 0.253 e. The first-order valence-corrected chi connectivity index (χ1v) is 9.67. The zero-order valence-electron chi connectivity index (χ0n) is 16.2. The molecule has 1 aliphatic rings. The number of H-pyrrole nitrogens is 1. The standard InChI is InChI=1S/C22H20FN5O/c1-12-10-24-18-9-16(22(29)27-21(18)26-12)13-3-5-14(6-4-13)19-17(23)8-7-15-11-25-28(2)20(15)19/h5,7-11,13H,3-4,6H2,1-2H3,(H,26,27,29). The summed E-state index contributed by atoms with van der Waals surface area (Å²) in [5.41, 5.74) is 4.95. The van der Waals surface area contributed by atoms with Crippen molar-refractivity contribution in [2.75, 3.05) is 0 Å². The number of aryl methyl sites for hydroxylation is 2. The Morgan fingerprint density at radius 2 is 2.14 bits per heavy atom. The van der Waals surface area contributed by atoms with Gasteiger partial charge >= 0.3 is 0 Å². The Bertz CT molecular complexity index is 1350. The van der Waals surface area contributed by atoms with Gasteiger partial charge in [-0.1, -0.05) is 6.08 Å². The van der Waals surface area contributed by atoms with Crippen LogP contribution in [0.3, 0.4) is 0 Å². The lowest BCUT2D eigenvalue weighted by atomic mass is 9.82. The van der Waals surface area contributed by atoms with Crippen molar-refractivity contribution < 1.29 is 4.39 Å². The van der Waals surface area contributed by atoms with Gasteiger partial charge in [0.15, 0.2) is 5.65 Å². The van der Waals surface area contributed by atoms with E-state index in [1.165, 1.54) is 6.07 Å². The molecule has 5 rings (SSSR count). The lowest BCUT2D eigenvalue weighted by Gasteiger charge is -2.23. The van der Waals surface area contributed by atoms with E-state index in [2.05, 4.69) is 26.1 Å². The fraction of sp³-hybridized carbons (Fsp3) is 0.273. The van der Waals surface area contributed by atoms with Crippen LogP contribution in [0.25, 0.3) is 27.6 Å². The van der Waals surface area contributed by atoms with Crippen LogP contribution in [0.15, 0.2) is 41.5 Å². The van der Waals surface area contributed by atoms with E-state index in [1.54, 1.807) is 23.1 Å². The molecule has 1 atom stereocenters. The summed E-state index contributed by atoms with van der Waals surface area (Å²) < 4.78 is 16.4. The van der Waals surface area contributed by atoms with Gasteiger partial charge in [-0.3, -0.25) is 14.5 Å². The van der Waals surface area contributed by atoms with Crippen molar-refractivity contribution in [2.45, 2.75) is 32.1 Å². The second-order valence-corrected chi connectivity index (χ2v) is 7.63. The van der Waals surface area contributed by atoms with E-state index < -0.39 is 0 Å². The Morgan fingerprint density at radius 1 is 1.28 bits per heavy atom. The molecule has 3 aromatic heterocycles. The number of aromatic amines is 1. The third-order valence-electron chi connectivity index (χ3n) is 5.73. The van der Waals surface area contributed by atoms with Crippen LogP contribution in [0.5, 0.6) is 0 Å². The van der Waals surface area contributed by atoms with Crippen LogP contribution in [0, 0.1) is 12.7 Å². The summed E-state index contributed by atoms with van der Waals surface area (Å²) in [4.78, 5) is 24.2. The van der Waals surface area contributed by atoms with Crippen molar-refractivity contribution in [3.05, 3.63) is 69.7 Å². The zero-order valence-corrected chi connectivity index (χ0v) is 16.2. The number of nitrogens with one attached hydrogen (secondary N) is 1. The van der Waals surface area contributed by atoms with Gasteiger partial charge in [0.05, 0.1) is 17.4 Å². The van der Waals surface area contributed by atoms with Crippen molar-refractivity contribution in [1.29, 1.82) is 0 Å². The number of hydrogen-bond donors (Lipinski definition) is 1. The average molecular weight is 389 g/mol. The van der Waals surface area contributed by atoms with Gasteiger partial charge in [-0.15, -0.1) is 0 Å². The molecule has 0 radical (unpaired) electrons. The van der Waals surface area contributed by atoms with Crippen LogP contribution >= 0.6 is 0 Å². The van der Waals surface area contributed by atoms with Gasteiger partial charge in [-0.05, 0) is 55.9 Å². The molecule has 3 heterocycles. The zero-order chi connectivity index (χ0) is 20.1. The Hall–Kier alpha value is -3.35. The molecule has 0 bridgehead atoms. The van der Waals surface area contributed by atoms with Gasteiger partial charge in [-0.2, -0.15) is 5.10 Å². The van der Waals surface area contributed by atoms with Gasteiger partial charge < -0.3 is 4.98 Å². The molecule has 1 aromatic carbocycles. The molecule has 4 aromatic rings. The largest absolute Gasteiger partial charge is 0.305 e. The van der Waals surface area contributed by atoms with Crippen molar-refractivity contribution in [3.8, 4) is 0 Å². The molecule has 0 aliphatic heterocycles. The highest BCUT2D eigenvalue weighted by atomic mass is 19.1. The van der Waals surface area contributed by atoms with Crippen LogP contribution in [0.1, 0.15) is 42.0 Å². The molecule has 0 saturated heterocycles. The number of nitrogens with zero attached hydrogens (tertiary/aromatic N) is 4. The number of pyridine rings is 1. The Kier molecular flexibility index (Phi) is 4.04. The smallest absolute Gasteiger partial charge is 0.253 e. The number of fused-ring (bicyclic) bond motifs is 2. The average Bonchev–Trinajstić information content (AvgIpc) is 3.09. The fourth-order valence-corrected chi connectivity index (χ4v) is 4.27. The Balaban J connectivity index is 1.52. The molecule has 146 valence electrons. The van der Waals surface area contributed by atoms with Crippen LogP contribution in [-0.2, 0) is 7.05 Å². The third kappa shape index (κ3) is 2.93. The molecule has 1 N–H and O–H groups in total. The number of halogens is 1. The number of rotatable bonds is 2. The van der Waals surface area contributed by atoms with Crippen LogP contribution in [-0.4, -0.2) is 24.7 Å². The Morgan fingerprint density at radius 3 is 2.93 bits per heavy atom. The normalized spacial score (nSPS) is 17.1. The minimum atomic E-state index is -0.236. The SMILES string of the molecule is Cc1cnc2cc(C3CC=C(c4c(F)ccc5cnn(C)c45)CC3)c(=O)[nH]c2n1. The molecule has 6 nitrogen and oxygen atoms in total. The van der Waals surface area contributed by atoms with Crippen LogP contribution < -0.4 is 5.56 Å². The summed E-state index contributed by atoms with van der Waals surface area (Å²) in [6.07, 6.45) is 7.65. The van der Waals surface area contributed by atoms with E-state index in [1.807, 2.05) is 20.0 Å². The van der Waals surface area contributed by atoms with Gasteiger partial charge in [0.25, 0.3) is 5.56 Å². The summed E-state index contributed by atoms with van der Waals surface area (Å²) in [7, 11) is 1.83. The maximum atomic E-state index is 14.7. The minimum Gasteiger partial charge on any atom is -0.305 e. The number of aromatic nitrogens is 5. The highest BCUT2D eigenvalue weighted by molar-refractivity contribution is 5.91. The molecular weight excluding hydrogens is 369 g/mol. The van der Waals surface area contributed by atoms with Gasteiger partial charge in [0, 0.05) is 29.8 Å². The van der Waals surface area contributed by atoms with E-state index in [-0.39, 0.29) is 17.3 Å². The lowest BCUT2D eigenvalue weighted by molar-refractivity contribution is 0.604. The third-order valence-corrected chi connectivity index (χ3v) is 5.73. The quantitative estimate of drug-likeness (QED) is 0.562. The molecule has 0 saturated carbocycles. The first kappa shape index (κ1) is 17.7. The van der Waals surface area contributed by atoms with Crippen molar-refractivity contribution in [3.63, 3.8) is 0 Å². The summed E-state index contributed by atoms with van der Waals surface area (Å²) in [6.45, 7) is 1.84. The number of allylic oxidation sites excluding steroid dienone is 2. The summed E-state index contributed by atoms with van der Waals surface area (Å²) in [5, 5.41) is 5.19. The summed E-state index contributed by atoms with van der Waals surface area (Å²) >= 11 is 0. The maximum absolute atomic E-state index is 14.7. The number of benzene rings is 1. The van der Waals surface area contributed by atoms with Gasteiger partial charge in [0.1, 0.15) is 11.3 Å². The second kappa shape index (κ2) is 6.62. The fourth-order valence-electron chi connectivity index (χ4n) is 4.27. The van der Waals surface area contributed by atoms with Gasteiger partial charge in [-0.25, -0.2) is 9.37 Å². The molecule has 1 unspecified atom stereocenters. The van der Waals surface area contributed by atoms with Crippen LogP contribution in [0.4, 0.5) is 4.39 Å². The highest BCUT2D eigenvalue weighted by Gasteiger charge is 2.23. The van der Waals surface area contributed by atoms with Crippen molar-refractivity contribution in [2.24, 2.45) is 7.05 Å². The first-order valence-electron chi connectivity index (χ1n) is 9.67. The van der Waals surface area contributed by atoms with E-state index in [0.29, 0.717) is 35.1 Å². The molecule has 29 heavy (non-hydrogen) atoms. The first-order chi connectivity index (χ1) is 14.0. The molecule has 0 fully saturated rings. The monoisotopic (exact) mass is 389 g/mol. The molecule has 7 heteroatoms. The highest BCUT2D eigenvalue weighted by Crippen LogP contribution is 2.38. The molecule has 0 spiro atoms. The molecule has 1 aliphatic carbocycles. The summed E-state index contributed by atoms with van der Waals surface area (Å²) in [5.74, 6) is -0.163. The van der Waals surface area contributed by atoms with E-state index in [4.69, 9.17) is 0 Å². The van der Waals surface area contributed by atoms with Gasteiger partial charge in [0.2, 0.25) is 0 Å². The topological polar surface area (TPSA) is 76.5 Å². The molecular formula is C22H20FN5O. The number of hydrogen-bond acceptors (Lipinski definition) is 4. The lowest BCUT2D eigenvalue weighted by Crippen LogP contribution is -2.18. The van der Waals surface area contributed by atoms with E-state index in [9.17, 15) is 9.18 Å². The molecule has 0 amide bonds. The van der Waals surface area contributed by atoms with Crippen molar-refractivity contribution >= 4 is 27.6 Å². The Labute approximate surface area is 166 Å². The summed E-state index contributed by atoms with van der Waals surface area (Å²) in [6, 6.07) is 5.10. The minimum absolute atomic E-state index is 0.0730. The van der Waals surface area contributed by atoms with Crippen LogP contribution in [0.2, 0.25) is 0 Å².